The molecule has 98 valence electrons. The molecular formula is C12H15BrClN3O. The lowest BCUT2D eigenvalue weighted by atomic mass is 10.0. The van der Waals surface area contributed by atoms with Crippen LogP contribution < -0.4 is 5.32 Å². The Labute approximate surface area is 120 Å². The summed E-state index contributed by atoms with van der Waals surface area (Å²) in [5.74, 6) is 0.157. The van der Waals surface area contributed by atoms with Gasteiger partial charge in [-0.15, -0.1) is 0 Å². The average molecular weight is 333 g/mol. The van der Waals surface area contributed by atoms with Crippen molar-refractivity contribution in [3.8, 4) is 0 Å². The first-order chi connectivity index (χ1) is 8.56. The molecule has 1 aromatic rings. The third-order valence-electron chi connectivity index (χ3n) is 3.11. The summed E-state index contributed by atoms with van der Waals surface area (Å²) in [6, 6.07) is 2.31. The Morgan fingerprint density at radius 3 is 2.78 bits per heavy atom. The molecule has 1 N–H and O–H groups in total. The molecule has 0 spiro atoms. The molecule has 1 amide bonds. The number of nitrogens with zero attached hydrogens (tertiary/aromatic N) is 2. The highest BCUT2D eigenvalue weighted by Crippen LogP contribution is 2.24. The van der Waals surface area contributed by atoms with Gasteiger partial charge in [0.15, 0.2) is 0 Å². The van der Waals surface area contributed by atoms with Crippen molar-refractivity contribution in [1.82, 2.24) is 9.88 Å². The van der Waals surface area contributed by atoms with E-state index in [2.05, 4.69) is 26.2 Å². The average Bonchev–Trinajstić information content (AvgIpc) is 2.34. The summed E-state index contributed by atoms with van der Waals surface area (Å²) in [4.78, 5) is 17.2. The van der Waals surface area contributed by atoms with Crippen LogP contribution in [0.15, 0.2) is 16.7 Å². The van der Waals surface area contributed by atoms with Crippen molar-refractivity contribution in [2.24, 2.45) is 0 Å². The summed E-state index contributed by atoms with van der Waals surface area (Å²) in [5, 5.41) is 3.88. The fourth-order valence-corrected chi connectivity index (χ4v) is 2.53. The van der Waals surface area contributed by atoms with Gasteiger partial charge < -0.3 is 10.2 Å². The van der Waals surface area contributed by atoms with Gasteiger partial charge in [-0.25, -0.2) is 4.98 Å². The fourth-order valence-electron chi connectivity index (χ4n) is 2.07. The Balaban J connectivity index is 1.91. The Morgan fingerprint density at radius 1 is 1.56 bits per heavy atom. The number of nitrogens with one attached hydrogen (secondary N) is 1. The summed E-state index contributed by atoms with van der Waals surface area (Å²) in [7, 11) is 0. The molecule has 0 unspecified atom stereocenters. The zero-order valence-electron chi connectivity index (χ0n) is 10.1. The highest BCUT2D eigenvalue weighted by Gasteiger charge is 2.20. The number of aromatic nitrogens is 1. The van der Waals surface area contributed by atoms with Gasteiger partial charge in [0.05, 0.1) is 16.4 Å². The van der Waals surface area contributed by atoms with Gasteiger partial charge in [-0.05, 0) is 34.8 Å². The maximum absolute atomic E-state index is 11.2. The van der Waals surface area contributed by atoms with Crippen molar-refractivity contribution in [1.29, 1.82) is 0 Å². The Morgan fingerprint density at radius 2 is 2.22 bits per heavy atom. The highest BCUT2D eigenvalue weighted by atomic mass is 79.9. The number of rotatable bonds is 2. The Kier molecular flexibility index (Phi) is 4.45. The predicted molar refractivity (Wildman–Crippen MR) is 75.8 cm³/mol. The van der Waals surface area contributed by atoms with Crippen molar-refractivity contribution in [3.05, 3.63) is 21.9 Å². The van der Waals surface area contributed by atoms with Gasteiger partial charge in [-0.3, -0.25) is 4.79 Å². The van der Waals surface area contributed by atoms with E-state index in [4.69, 9.17) is 11.6 Å². The fraction of sp³-hybridized carbons (Fsp3) is 0.500. The molecule has 1 fully saturated rings. The third-order valence-corrected chi connectivity index (χ3v) is 4.24. The van der Waals surface area contributed by atoms with Gasteiger partial charge in [0.25, 0.3) is 0 Å². The number of piperidine rings is 1. The highest BCUT2D eigenvalue weighted by molar-refractivity contribution is 9.10. The summed E-state index contributed by atoms with van der Waals surface area (Å²) in [6.07, 6.45) is 3.64. The molecule has 1 aliphatic rings. The van der Waals surface area contributed by atoms with Crippen LogP contribution in [0.2, 0.25) is 5.15 Å². The zero-order valence-corrected chi connectivity index (χ0v) is 12.5. The molecule has 2 rings (SSSR count). The molecule has 0 aromatic carbocycles. The number of halogens is 2. The number of carbonyl (C=O) groups is 1. The molecule has 0 aliphatic carbocycles. The lowest BCUT2D eigenvalue weighted by Crippen LogP contribution is -2.41. The molecule has 0 saturated carbocycles. The number of pyridine rings is 1. The zero-order chi connectivity index (χ0) is 13.1. The summed E-state index contributed by atoms with van der Waals surface area (Å²) in [5.41, 5.74) is 0.951. The maximum Gasteiger partial charge on any atom is 0.219 e. The van der Waals surface area contributed by atoms with Crippen molar-refractivity contribution < 1.29 is 4.79 Å². The lowest BCUT2D eigenvalue weighted by molar-refractivity contribution is -0.129. The van der Waals surface area contributed by atoms with Crippen LogP contribution in [0, 0.1) is 0 Å². The van der Waals surface area contributed by atoms with Crippen molar-refractivity contribution in [3.63, 3.8) is 0 Å². The molecular weight excluding hydrogens is 318 g/mol. The standard InChI is InChI=1S/C12H15BrClN3O/c1-8(18)17-4-2-9(3-5-17)16-10-6-11(13)12(14)15-7-10/h6-7,9,16H,2-5H2,1H3. The van der Waals surface area contributed by atoms with Gasteiger partial charge in [0.1, 0.15) is 5.15 Å². The van der Waals surface area contributed by atoms with E-state index in [1.54, 1.807) is 13.1 Å². The van der Waals surface area contributed by atoms with Crippen LogP contribution in [0.5, 0.6) is 0 Å². The van der Waals surface area contributed by atoms with Gasteiger partial charge in [-0.2, -0.15) is 0 Å². The minimum absolute atomic E-state index is 0.157. The summed E-state index contributed by atoms with van der Waals surface area (Å²) >= 11 is 9.20. The van der Waals surface area contributed by atoms with E-state index in [9.17, 15) is 4.79 Å². The van der Waals surface area contributed by atoms with E-state index in [1.807, 2.05) is 11.0 Å². The molecule has 0 bridgehead atoms. The molecule has 2 heterocycles. The molecule has 4 nitrogen and oxygen atoms in total. The predicted octanol–water partition coefficient (Wildman–Crippen LogP) is 2.92. The lowest BCUT2D eigenvalue weighted by Gasteiger charge is -2.32. The Bertz CT molecular complexity index is 447. The van der Waals surface area contributed by atoms with Crippen LogP contribution in [0.25, 0.3) is 0 Å². The minimum atomic E-state index is 0.157. The Hall–Kier alpha value is -0.810. The van der Waals surface area contributed by atoms with Crippen molar-refractivity contribution >= 4 is 39.1 Å². The van der Waals surface area contributed by atoms with Gasteiger partial charge in [0, 0.05) is 26.1 Å². The molecule has 1 aromatic heterocycles. The first-order valence-corrected chi connectivity index (χ1v) is 7.06. The van der Waals surface area contributed by atoms with Crippen LogP contribution in [-0.4, -0.2) is 34.9 Å². The van der Waals surface area contributed by atoms with E-state index >= 15 is 0 Å². The SMILES string of the molecule is CC(=O)N1CCC(Nc2cnc(Cl)c(Br)c2)CC1. The van der Waals surface area contributed by atoms with Crippen molar-refractivity contribution in [2.75, 3.05) is 18.4 Å². The van der Waals surface area contributed by atoms with Gasteiger partial charge in [0.2, 0.25) is 5.91 Å². The topological polar surface area (TPSA) is 45.2 Å². The van der Waals surface area contributed by atoms with Gasteiger partial charge in [-0.1, -0.05) is 11.6 Å². The smallest absolute Gasteiger partial charge is 0.219 e. The number of hydrogen-bond acceptors (Lipinski definition) is 3. The van der Waals surface area contributed by atoms with Crippen LogP contribution in [0.3, 0.4) is 0 Å². The van der Waals surface area contributed by atoms with Crippen molar-refractivity contribution in [2.45, 2.75) is 25.8 Å². The first-order valence-electron chi connectivity index (χ1n) is 5.89. The number of likely N-dealkylation sites (tertiary alicyclic amines) is 1. The molecule has 1 aliphatic heterocycles. The van der Waals surface area contributed by atoms with E-state index in [-0.39, 0.29) is 5.91 Å². The molecule has 1 saturated heterocycles. The monoisotopic (exact) mass is 331 g/mol. The third kappa shape index (κ3) is 3.36. The van der Waals surface area contributed by atoms with E-state index < -0.39 is 0 Å². The molecule has 0 atom stereocenters. The number of anilines is 1. The van der Waals surface area contributed by atoms with Gasteiger partial charge >= 0.3 is 0 Å². The second-order valence-electron chi connectivity index (χ2n) is 4.42. The summed E-state index contributed by atoms with van der Waals surface area (Å²) < 4.78 is 0.787. The van der Waals surface area contributed by atoms with Crippen LogP contribution >= 0.6 is 27.5 Å². The number of hydrogen-bond donors (Lipinski definition) is 1. The maximum atomic E-state index is 11.2. The van der Waals surface area contributed by atoms with Crippen LogP contribution in [-0.2, 0) is 4.79 Å². The summed E-state index contributed by atoms with van der Waals surface area (Å²) in [6.45, 7) is 3.25. The molecule has 6 heteroatoms. The quantitative estimate of drug-likeness (QED) is 0.847. The van der Waals surface area contributed by atoms with E-state index in [0.717, 1.165) is 36.1 Å². The number of carbonyl (C=O) groups excluding carboxylic acids is 1. The number of amides is 1. The molecule has 0 radical (unpaired) electrons. The minimum Gasteiger partial charge on any atom is -0.381 e. The second kappa shape index (κ2) is 5.89. The van der Waals surface area contributed by atoms with E-state index in [0.29, 0.717) is 11.2 Å². The molecule has 18 heavy (non-hydrogen) atoms. The van der Waals surface area contributed by atoms with Crippen LogP contribution in [0.4, 0.5) is 5.69 Å². The first kappa shape index (κ1) is 13.6. The largest absolute Gasteiger partial charge is 0.381 e. The van der Waals surface area contributed by atoms with E-state index in [1.165, 1.54) is 0 Å². The normalized spacial score (nSPS) is 16.7. The second-order valence-corrected chi connectivity index (χ2v) is 5.63. The van der Waals surface area contributed by atoms with Crippen LogP contribution in [0.1, 0.15) is 19.8 Å².